The molecular weight excluding hydrogens is 406 g/mol. The van der Waals surface area contributed by atoms with Gasteiger partial charge in [-0.1, -0.05) is 30.3 Å². The van der Waals surface area contributed by atoms with E-state index in [2.05, 4.69) is 11.9 Å². The summed E-state index contributed by atoms with van der Waals surface area (Å²) in [6, 6.07) is 11.0. The van der Waals surface area contributed by atoms with Gasteiger partial charge in [0.25, 0.3) is 11.5 Å². The molecule has 2 saturated heterocycles. The van der Waals surface area contributed by atoms with E-state index in [4.69, 9.17) is 4.74 Å². The minimum absolute atomic E-state index is 0.169. The fraction of sp³-hybridized carbons (Fsp3) is 0.520. The molecule has 1 spiro atoms. The van der Waals surface area contributed by atoms with Crippen molar-refractivity contribution >= 4 is 5.91 Å². The van der Waals surface area contributed by atoms with Gasteiger partial charge in [0.2, 0.25) is 0 Å². The quantitative estimate of drug-likeness (QED) is 0.790. The van der Waals surface area contributed by atoms with Gasteiger partial charge in [-0.2, -0.15) is 0 Å². The van der Waals surface area contributed by atoms with E-state index in [0.717, 1.165) is 31.5 Å². The lowest BCUT2D eigenvalue weighted by atomic mass is 9.63. The van der Waals surface area contributed by atoms with E-state index in [0.29, 0.717) is 30.8 Å². The number of benzene rings is 1. The molecule has 0 saturated carbocycles. The van der Waals surface area contributed by atoms with Gasteiger partial charge in [0, 0.05) is 63.6 Å². The molecule has 0 aliphatic carbocycles. The van der Waals surface area contributed by atoms with Crippen molar-refractivity contribution in [2.75, 3.05) is 47.4 Å². The zero-order chi connectivity index (χ0) is 22.9. The van der Waals surface area contributed by atoms with Gasteiger partial charge in [0.15, 0.2) is 0 Å². The molecule has 2 aliphatic heterocycles. The van der Waals surface area contributed by atoms with Crippen molar-refractivity contribution in [3.63, 3.8) is 0 Å². The van der Waals surface area contributed by atoms with E-state index >= 15 is 0 Å². The Kier molecular flexibility index (Phi) is 6.25. The van der Waals surface area contributed by atoms with E-state index in [1.54, 1.807) is 20.3 Å². The molecule has 1 unspecified atom stereocenters. The summed E-state index contributed by atoms with van der Waals surface area (Å²) < 4.78 is 7.13. The molecule has 1 aromatic heterocycles. The second kappa shape index (κ2) is 8.81. The van der Waals surface area contributed by atoms with Gasteiger partial charge in [-0.15, -0.1) is 0 Å². The number of piperidine rings is 1. The van der Waals surface area contributed by atoms with Gasteiger partial charge in [-0.25, -0.2) is 0 Å². The lowest BCUT2D eigenvalue weighted by Crippen LogP contribution is -2.63. The highest BCUT2D eigenvalue weighted by atomic mass is 16.5. The minimum atomic E-state index is -1.04. The topological polar surface area (TPSA) is 75.0 Å². The zero-order valence-corrected chi connectivity index (χ0v) is 19.2. The molecule has 2 aliphatic rings. The van der Waals surface area contributed by atoms with Crippen LogP contribution in [0.25, 0.3) is 11.1 Å². The van der Waals surface area contributed by atoms with Crippen LogP contribution in [0.2, 0.25) is 0 Å². The molecule has 2 fully saturated rings. The monoisotopic (exact) mass is 439 g/mol. The summed E-state index contributed by atoms with van der Waals surface area (Å²) in [5.41, 5.74) is 0.302. The Bertz CT molecular complexity index is 1030. The lowest BCUT2D eigenvalue weighted by molar-refractivity contribution is -0.176. The van der Waals surface area contributed by atoms with Crippen molar-refractivity contribution < 1.29 is 14.6 Å². The van der Waals surface area contributed by atoms with Crippen LogP contribution in [0.4, 0.5) is 0 Å². The number of pyridine rings is 1. The summed E-state index contributed by atoms with van der Waals surface area (Å²) in [6.45, 7) is 2.93. The number of hydrogen-bond donors (Lipinski definition) is 1. The molecule has 3 heterocycles. The standard InChI is InChI=1S/C25H33N3O4/c1-26(2)23(30)21-16-28(22(29)15-20(21)19-7-5-4-6-8-19)18-25(31)9-12-27(3)17-24(25)10-13-32-14-11-24/h4-8,15-16,31H,9-14,17-18H2,1-3H3. The molecular formula is C25H33N3O4. The Hall–Kier alpha value is -2.48. The van der Waals surface area contributed by atoms with Gasteiger partial charge >= 0.3 is 0 Å². The summed E-state index contributed by atoms with van der Waals surface area (Å²) in [5.74, 6) is -0.172. The Morgan fingerprint density at radius 2 is 1.84 bits per heavy atom. The Morgan fingerprint density at radius 1 is 1.16 bits per heavy atom. The van der Waals surface area contributed by atoms with Gasteiger partial charge in [-0.05, 0) is 31.9 Å². The number of aliphatic hydroxyl groups is 1. The first-order valence-corrected chi connectivity index (χ1v) is 11.2. The number of likely N-dealkylation sites (tertiary alicyclic amines) is 1. The second-order valence-electron chi connectivity index (χ2n) is 9.54. The van der Waals surface area contributed by atoms with E-state index in [9.17, 15) is 14.7 Å². The predicted octanol–water partition coefficient (Wildman–Crippen LogP) is 2.08. The molecule has 1 atom stereocenters. The maximum absolute atomic E-state index is 13.2. The number of carbonyl (C=O) groups excluding carboxylic acids is 1. The third-order valence-corrected chi connectivity index (χ3v) is 7.20. The average Bonchev–Trinajstić information content (AvgIpc) is 2.78. The zero-order valence-electron chi connectivity index (χ0n) is 19.2. The van der Waals surface area contributed by atoms with Crippen LogP contribution >= 0.6 is 0 Å². The molecule has 1 aromatic carbocycles. The third kappa shape index (κ3) is 4.12. The smallest absolute Gasteiger partial charge is 0.255 e. The summed E-state index contributed by atoms with van der Waals surface area (Å²) in [4.78, 5) is 30.0. The molecule has 7 heteroatoms. The van der Waals surface area contributed by atoms with Crippen molar-refractivity contribution in [2.45, 2.75) is 31.4 Å². The van der Waals surface area contributed by atoms with E-state index in [-0.39, 0.29) is 23.4 Å². The first-order valence-electron chi connectivity index (χ1n) is 11.2. The Morgan fingerprint density at radius 3 is 2.50 bits per heavy atom. The number of carbonyl (C=O) groups is 1. The van der Waals surface area contributed by atoms with Gasteiger partial charge in [0.05, 0.1) is 17.7 Å². The van der Waals surface area contributed by atoms with Crippen LogP contribution in [0.5, 0.6) is 0 Å². The van der Waals surface area contributed by atoms with Crippen molar-refractivity contribution in [1.29, 1.82) is 0 Å². The van der Waals surface area contributed by atoms with E-state index in [1.165, 1.54) is 15.5 Å². The summed E-state index contributed by atoms with van der Waals surface area (Å²) in [6.07, 6.45) is 3.73. The number of rotatable bonds is 4. The molecule has 0 bridgehead atoms. The van der Waals surface area contributed by atoms with Crippen LogP contribution in [-0.4, -0.2) is 78.4 Å². The highest BCUT2D eigenvalue weighted by molar-refractivity contribution is 6.00. The first kappa shape index (κ1) is 22.7. The number of hydrogen-bond acceptors (Lipinski definition) is 5. The van der Waals surface area contributed by atoms with E-state index in [1.807, 2.05) is 30.3 Å². The first-order chi connectivity index (χ1) is 15.2. The van der Waals surface area contributed by atoms with Gasteiger partial charge in [-0.3, -0.25) is 9.59 Å². The van der Waals surface area contributed by atoms with Gasteiger partial charge < -0.3 is 24.2 Å². The van der Waals surface area contributed by atoms with Crippen molar-refractivity contribution in [3.8, 4) is 11.1 Å². The molecule has 2 aromatic rings. The Balaban J connectivity index is 1.77. The van der Waals surface area contributed by atoms with Crippen LogP contribution < -0.4 is 5.56 Å². The Labute approximate surface area is 189 Å². The summed E-state index contributed by atoms with van der Waals surface area (Å²) in [5, 5.41) is 11.9. The van der Waals surface area contributed by atoms with Crippen LogP contribution in [0.3, 0.4) is 0 Å². The minimum Gasteiger partial charge on any atom is -0.387 e. The molecule has 172 valence electrons. The molecule has 1 N–H and O–H groups in total. The molecule has 4 rings (SSSR count). The number of aromatic nitrogens is 1. The normalized spacial score (nSPS) is 23.2. The van der Waals surface area contributed by atoms with Crippen molar-refractivity contribution in [2.24, 2.45) is 5.41 Å². The van der Waals surface area contributed by atoms with Gasteiger partial charge in [0.1, 0.15) is 0 Å². The molecule has 32 heavy (non-hydrogen) atoms. The number of ether oxygens (including phenoxy) is 1. The molecule has 7 nitrogen and oxygen atoms in total. The highest BCUT2D eigenvalue weighted by Gasteiger charge is 2.53. The SMILES string of the molecule is CN1CCC(O)(Cn2cc(C(=O)N(C)C)c(-c3ccccc3)cc2=O)C2(CCOCC2)C1. The fourth-order valence-electron chi connectivity index (χ4n) is 5.26. The lowest BCUT2D eigenvalue weighted by Gasteiger charge is -2.55. The second-order valence-corrected chi connectivity index (χ2v) is 9.54. The fourth-order valence-corrected chi connectivity index (χ4v) is 5.26. The molecule has 1 amide bonds. The third-order valence-electron chi connectivity index (χ3n) is 7.20. The maximum atomic E-state index is 13.2. The molecule has 0 radical (unpaired) electrons. The summed E-state index contributed by atoms with van der Waals surface area (Å²) in [7, 11) is 5.48. The number of amides is 1. The van der Waals surface area contributed by atoms with Crippen LogP contribution in [0, 0.1) is 5.41 Å². The van der Waals surface area contributed by atoms with Crippen molar-refractivity contribution in [3.05, 3.63) is 58.5 Å². The van der Waals surface area contributed by atoms with Crippen molar-refractivity contribution in [1.82, 2.24) is 14.4 Å². The highest BCUT2D eigenvalue weighted by Crippen LogP contribution is 2.47. The van der Waals surface area contributed by atoms with Crippen LogP contribution in [0.15, 0.2) is 47.4 Å². The number of nitrogens with zero attached hydrogens (tertiary/aromatic N) is 3. The largest absolute Gasteiger partial charge is 0.387 e. The van der Waals surface area contributed by atoms with E-state index < -0.39 is 5.60 Å². The summed E-state index contributed by atoms with van der Waals surface area (Å²) >= 11 is 0. The van der Waals surface area contributed by atoms with Crippen LogP contribution in [-0.2, 0) is 11.3 Å². The van der Waals surface area contributed by atoms with Crippen LogP contribution in [0.1, 0.15) is 29.6 Å². The average molecular weight is 440 g/mol. The maximum Gasteiger partial charge on any atom is 0.255 e. The predicted molar refractivity (Wildman–Crippen MR) is 124 cm³/mol.